The van der Waals surface area contributed by atoms with Crippen LogP contribution in [0, 0.1) is 0 Å². The molecular weight excluding hydrogens is 290 g/mol. The molecule has 0 bridgehead atoms. The van der Waals surface area contributed by atoms with Crippen LogP contribution >= 0.6 is 0 Å². The van der Waals surface area contributed by atoms with Gasteiger partial charge >= 0.3 is 6.02 Å². The number of para-hydroxylation sites is 1. The maximum absolute atomic E-state index is 10.2. The van der Waals surface area contributed by atoms with Gasteiger partial charge in [-0.1, -0.05) is 34.0 Å². The molecule has 1 heterocycles. The van der Waals surface area contributed by atoms with Crippen molar-refractivity contribution >= 4 is 11.7 Å². The van der Waals surface area contributed by atoms with Crippen LogP contribution in [-0.2, 0) is 0 Å². The first kappa shape index (κ1) is 17.1. The number of hydrogen-bond acceptors (Lipinski definition) is 2. The SMILES string of the molecule is CC(C)=CCC/C(C)=C/CN/C(O)=[N+]1\Nc2ccccc2C1O. The number of nitrogens with one attached hydrogen (secondary N) is 2. The second-order valence-electron chi connectivity index (χ2n) is 6.02. The van der Waals surface area contributed by atoms with Gasteiger partial charge in [0.15, 0.2) is 0 Å². The standard InChI is InChI=1S/C18H25N3O2/c1-13(2)7-6-8-14(3)11-12-19-18(23)21-17(22)15-9-4-5-10-16(15)20-21/h4-5,7,9-11,17,20,22H,6,8,12H2,1-3H3,(H,19,23)/p+1/b14-11+. The van der Waals surface area contributed by atoms with Crippen LogP contribution in [0.5, 0.6) is 0 Å². The van der Waals surface area contributed by atoms with E-state index in [1.54, 1.807) is 0 Å². The smallest absolute Gasteiger partial charge is 0.445 e. The lowest BCUT2D eigenvalue weighted by atomic mass is 10.1. The van der Waals surface area contributed by atoms with Gasteiger partial charge in [-0.05, 0) is 51.8 Å². The van der Waals surface area contributed by atoms with Crippen LogP contribution < -0.4 is 10.7 Å². The predicted octanol–water partition coefficient (Wildman–Crippen LogP) is 3.23. The summed E-state index contributed by atoms with van der Waals surface area (Å²) in [5.41, 5.74) is 7.11. The molecule has 1 unspecified atom stereocenters. The number of aliphatic hydroxyl groups is 2. The molecule has 0 radical (unpaired) electrons. The summed E-state index contributed by atoms with van der Waals surface area (Å²) in [6, 6.07) is 7.33. The summed E-state index contributed by atoms with van der Waals surface area (Å²) in [5, 5.41) is 23.2. The van der Waals surface area contributed by atoms with E-state index in [4.69, 9.17) is 0 Å². The number of aliphatic hydroxyl groups excluding tert-OH is 2. The lowest BCUT2D eigenvalue weighted by Crippen LogP contribution is -2.36. The molecule has 0 saturated heterocycles. The lowest BCUT2D eigenvalue weighted by molar-refractivity contribution is -0.590. The summed E-state index contributed by atoms with van der Waals surface area (Å²) >= 11 is 0. The van der Waals surface area contributed by atoms with Crippen LogP contribution in [-0.4, -0.2) is 27.5 Å². The van der Waals surface area contributed by atoms with E-state index in [1.807, 2.05) is 30.3 Å². The highest BCUT2D eigenvalue weighted by Crippen LogP contribution is 2.29. The van der Waals surface area contributed by atoms with Crippen molar-refractivity contribution in [2.24, 2.45) is 0 Å². The van der Waals surface area contributed by atoms with Gasteiger partial charge in [0.1, 0.15) is 6.54 Å². The quantitative estimate of drug-likeness (QED) is 0.382. The Morgan fingerprint density at radius 3 is 2.70 bits per heavy atom. The van der Waals surface area contributed by atoms with E-state index < -0.39 is 6.23 Å². The van der Waals surface area contributed by atoms with Crippen molar-refractivity contribution in [2.75, 3.05) is 12.0 Å². The van der Waals surface area contributed by atoms with Gasteiger partial charge in [0.05, 0.1) is 11.3 Å². The molecule has 4 N–H and O–H groups in total. The summed E-state index contributed by atoms with van der Waals surface area (Å²) in [6.45, 7) is 6.78. The minimum atomic E-state index is -0.901. The minimum Gasteiger partial charge on any atom is -0.445 e. The Morgan fingerprint density at radius 2 is 2.00 bits per heavy atom. The molecule has 1 aliphatic heterocycles. The Bertz CT molecular complexity index is 643. The summed E-state index contributed by atoms with van der Waals surface area (Å²) in [4.78, 5) is 0. The number of amidine groups is 1. The third kappa shape index (κ3) is 4.60. The van der Waals surface area contributed by atoms with Crippen LogP contribution in [0.15, 0.2) is 47.6 Å². The maximum atomic E-state index is 10.2. The average Bonchev–Trinajstić information content (AvgIpc) is 2.84. The highest BCUT2D eigenvalue weighted by molar-refractivity contribution is 5.67. The van der Waals surface area contributed by atoms with Crippen LogP contribution in [0.3, 0.4) is 0 Å². The zero-order valence-corrected chi connectivity index (χ0v) is 14.0. The van der Waals surface area contributed by atoms with Gasteiger partial charge in [-0.15, -0.1) is 0 Å². The molecule has 1 aromatic carbocycles. The number of hydrazone groups is 1. The van der Waals surface area contributed by atoms with Crippen molar-refractivity contribution in [1.29, 1.82) is 0 Å². The van der Waals surface area contributed by atoms with Gasteiger partial charge in [0, 0.05) is 0 Å². The van der Waals surface area contributed by atoms with Crippen molar-refractivity contribution < 1.29 is 14.9 Å². The van der Waals surface area contributed by atoms with E-state index >= 15 is 0 Å². The fraction of sp³-hybridized carbons (Fsp3) is 0.389. The number of nitrogens with zero attached hydrogens (tertiary/aromatic N) is 1. The number of benzene rings is 1. The number of fused-ring (bicyclic) bond motifs is 1. The largest absolute Gasteiger partial charge is 0.468 e. The molecular formula is C18H26N3O2+. The lowest BCUT2D eigenvalue weighted by Gasteiger charge is -2.05. The Balaban J connectivity index is 1.90. The normalized spacial score (nSPS) is 19.0. The highest BCUT2D eigenvalue weighted by Gasteiger charge is 2.31. The first-order valence-electron chi connectivity index (χ1n) is 7.90. The van der Waals surface area contributed by atoms with E-state index in [1.165, 1.54) is 15.8 Å². The summed E-state index contributed by atoms with van der Waals surface area (Å²) in [6.07, 6.45) is 5.40. The molecule has 1 atom stereocenters. The van der Waals surface area contributed by atoms with Crippen molar-refractivity contribution in [3.63, 3.8) is 0 Å². The zero-order chi connectivity index (χ0) is 16.8. The molecule has 1 aromatic rings. The van der Waals surface area contributed by atoms with Crippen LogP contribution in [0.25, 0.3) is 0 Å². The van der Waals surface area contributed by atoms with Crippen LogP contribution in [0.4, 0.5) is 5.69 Å². The third-order valence-electron chi connectivity index (χ3n) is 3.75. The average molecular weight is 316 g/mol. The molecule has 5 heteroatoms. The number of allylic oxidation sites excluding steroid dienone is 3. The van der Waals surface area contributed by atoms with Crippen LogP contribution in [0.2, 0.25) is 0 Å². The minimum absolute atomic E-state index is 0.0953. The van der Waals surface area contributed by atoms with Crippen molar-refractivity contribution in [2.45, 2.75) is 39.8 Å². The Morgan fingerprint density at radius 1 is 1.26 bits per heavy atom. The fourth-order valence-corrected chi connectivity index (χ4v) is 2.42. The number of hydrogen-bond donors (Lipinski definition) is 4. The van der Waals surface area contributed by atoms with Gasteiger partial charge in [-0.2, -0.15) is 0 Å². The molecule has 0 fully saturated rings. The van der Waals surface area contributed by atoms with E-state index in [9.17, 15) is 10.2 Å². The first-order valence-corrected chi connectivity index (χ1v) is 7.90. The summed E-state index contributed by atoms with van der Waals surface area (Å²) < 4.78 is 1.32. The second kappa shape index (κ2) is 7.83. The Hall–Kier alpha value is -2.27. The number of anilines is 1. The van der Waals surface area contributed by atoms with Crippen molar-refractivity contribution in [3.8, 4) is 0 Å². The molecule has 23 heavy (non-hydrogen) atoms. The first-order chi connectivity index (χ1) is 11.0. The fourth-order valence-electron chi connectivity index (χ4n) is 2.42. The highest BCUT2D eigenvalue weighted by atomic mass is 16.3. The monoisotopic (exact) mass is 316 g/mol. The topological polar surface area (TPSA) is 67.5 Å². The molecule has 0 aliphatic carbocycles. The Labute approximate surface area is 137 Å². The molecule has 5 nitrogen and oxygen atoms in total. The van der Waals surface area contributed by atoms with Gasteiger partial charge < -0.3 is 10.2 Å². The summed E-state index contributed by atoms with van der Waals surface area (Å²) in [7, 11) is 0. The number of rotatable bonds is 5. The van der Waals surface area contributed by atoms with E-state index in [-0.39, 0.29) is 6.02 Å². The van der Waals surface area contributed by atoms with E-state index in [0.717, 1.165) is 24.1 Å². The molecule has 1 aliphatic rings. The van der Waals surface area contributed by atoms with Gasteiger partial charge in [-0.3, -0.25) is 0 Å². The van der Waals surface area contributed by atoms with E-state index in [0.29, 0.717) is 6.54 Å². The third-order valence-corrected chi connectivity index (χ3v) is 3.75. The summed E-state index contributed by atoms with van der Waals surface area (Å²) in [5.74, 6) is 0. The van der Waals surface area contributed by atoms with Crippen molar-refractivity contribution in [1.82, 2.24) is 5.32 Å². The molecule has 0 spiro atoms. The molecule has 0 aromatic heterocycles. The van der Waals surface area contributed by atoms with E-state index in [2.05, 4.69) is 37.6 Å². The van der Waals surface area contributed by atoms with Crippen LogP contribution in [0.1, 0.15) is 45.4 Å². The number of hydrazine groups is 1. The zero-order valence-electron chi connectivity index (χ0n) is 14.0. The molecule has 2 rings (SSSR count). The van der Waals surface area contributed by atoms with Gasteiger partial charge in [0.25, 0.3) is 6.23 Å². The van der Waals surface area contributed by atoms with Gasteiger partial charge in [0.2, 0.25) is 0 Å². The second-order valence-corrected chi connectivity index (χ2v) is 6.02. The maximum Gasteiger partial charge on any atom is 0.468 e. The molecule has 0 amide bonds. The van der Waals surface area contributed by atoms with Crippen molar-refractivity contribution in [3.05, 3.63) is 53.1 Å². The Kier molecular flexibility index (Phi) is 5.82. The predicted molar refractivity (Wildman–Crippen MR) is 93.3 cm³/mol. The van der Waals surface area contributed by atoms with Gasteiger partial charge in [-0.25, -0.2) is 10.7 Å². The molecule has 0 saturated carbocycles. The molecule has 124 valence electrons.